The minimum atomic E-state index is 0.712. The molecule has 1 aromatic rings. The van der Waals surface area contributed by atoms with E-state index in [1.165, 1.54) is 38.0 Å². The Bertz CT molecular complexity index is 558. The van der Waals surface area contributed by atoms with E-state index >= 15 is 0 Å². The molecule has 5 nitrogen and oxygen atoms in total. The molecule has 0 atom stereocenters. The number of nitrogens with zero attached hydrogens (tertiary/aromatic N) is 4. The summed E-state index contributed by atoms with van der Waals surface area (Å²) >= 11 is 5.97. The maximum Gasteiger partial charge on any atom is 0.191 e. The summed E-state index contributed by atoms with van der Waals surface area (Å²) in [6.45, 7) is 7.07. The molecule has 0 radical (unpaired) electrons. The number of rotatable bonds is 4. The van der Waals surface area contributed by atoms with E-state index in [0.717, 1.165) is 43.7 Å². The Morgan fingerprint density at radius 3 is 2.36 bits per heavy atom. The van der Waals surface area contributed by atoms with Gasteiger partial charge in [0.05, 0.1) is 0 Å². The Morgan fingerprint density at radius 2 is 1.72 bits per heavy atom. The first kappa shape index (κ1) is 18.3. The first-order chi connectivity index (χ1) is 12.1. The van der Waals surface area contributed by atoms with Gasteiger partial charge in [-0.3, -0.25) is 4.99 Å². The van der Waals surface area contributed by atoms with E-state index in [9.17, 15) is 0 Å². The van der Waals surface area contributed by atoms with Gasteiger partial charge in [0, 0.05) is 43.4 Å². The highest BCUT2D eigenvalue weighted by Gasteiger charge is 2.19. The fourth-order valence-electron chi connectivity index (χ4n) is 3.66. The normalized spacial score (nSPS) is 21.0. The van der Waals surface area contributed by atoms with E-state index in [2.05, 4.69) is 38.9 Å². The van der Waals surface area contributed by atoms with Crippen molar-refractivity contribution >= 4 is 23.2 Å². The third kappa shape index (κ3) is 5.25. The van der Waals surface area contributed by atoms with Crippen LogP contribution in [0, 0.1) is 5.92 Å². The van der Waals surface area contributed by atoms with Crippen LogP contribution < -0.4 is 10.6 Å². The fourth-order valence-corrected chi connectivity index (χ4v) is 3.78. The van der Waals surface area contributed by atoms with Gasteiger partial charge < -0.3 is 20.4 Å². The zero-order valence-electron chi connectivity index (χ0n) is 15.2. The molecule has 25 heavy (non-hydrogen) atoms. The maximum atomic E-state index is 6.22. The van der Waals surface area contributed by atoms with E-state index in [0.29, 0.717) is 5.96 Å². The van der Waals surface area contributed by atoms with Gasteiger partial charge in [0.15, 0.2) is 5.96 Å². The van der Waals surface area contributed by atoms with Gasteiger partial charge in [0.1, 0.15) is 0 Å². The van der Waals surface area contributed by atoms with Crippen LogP contribution in [0.1, 0.15) is 19.3 Å². The Balaban J connectivity index is 1.41. The van der Waals surface area contributed by atoms with E-state index < -0.39 is 0 Å². The molecule has 0 aromatic heterocycles. The van der Waals surface area contributed by atoms with Crippen LogP contribution >= 0.6 is 11.6 Å². The van der Waals surface area contributed by atoms with Gasteiger partial charge >= 0.3 is 0 Å². The first-order valence-electron chi connectivity index (χ1n) is 9.36. The second-order valence-electron chi connectivity index (χ2n) is 7.23. The fraction of sp³-hybridized carbons (Fsp3) is 0.632. The smallest absolute Gasteiger partial charge is 0.191 e. The zero-order chi connectivity index (χ0) is 17.6. The number of nitrogens with two attached hydrogens (primary N) is 1. The third-order valence-electron chi connectivity index (χ3n) is 5.44. The van der Waals surface area contributed by atoms with Crippen molar-refractivity contribution in [2.75, 3.05) is 57.8 Å². The molecule has 6 heteroatoms. The van der Waals surface area contributed by atoms with Crippen LogP contribution in [0.2, 0.25) is 5.02 Å². The molecule has 0 amide bonds. The van der Waals surface area contributed by atoms with Crippen molar-refractivity contribution in [3.8, 4) is 0 Å². The first-order valence-corrected chi connectivity index (χ1v) is 9.73. The average Bonchev–Trinajstić information content (AvgIpc) is 2.64. The summed E-state index contributed by atoms with van der Waals surface area (Å²) in [7, 11) is 2.20. The summed E-state index contributed by atoms with van der Waals surface area (Å²) in [5, 5.41) is 0.781. The second-order valence-corrected chi connectivity index (χ2v) is 7.66. The molecule has 0 aliphatic carbocycles. The number of benzene rings is 1. The molecule has 2 aliphatic rings. The predicted octanol–water partition coefficient (Wildman–Crippen LogP) is 2.51. The molecule has 0 bridgehead atoms. The topological polar surface area (TPSA) is 48.1 Å². The number of halogens is 1. The van der Waals surface area contributed by atoms with E-state index in [-0.39, 0.29) is 0 Å². The van der Waals surface area contributed by atoms with Gasteiger partial charge in [-0.15, -0.1) is 0 Å². The highest BCUT2D eigenvalue weighted by atomic mass is 35.5. The van der Waals surface area contributed by atoms with Gasteiger partial charge in [-0.25, -0.2) is 0 Å². The van der Waals surface area contributed by atoms with Crippen molar-refractivity contribution in [1.82, 2.24) is 9.80 Å². The monoisotopic (exact) mass is 363 g/mol. The summed E-state index contributed by atoms with van der Waals surface area (Å²) in [6, 6.07) is 8.05. The molecule has 1 aromatic carbocycles. The van der Waals surface area contributed by atoms with Crippen molar-refractivity contribution in [2.45, 2.75) is 19.3 Å². The molecule has 0 unspecified atom stereocenters. The SMILES string of the molecule is CN1CCC(CCN=C(N)N2CCN(c3ccc(Cl)cc3)CC2)CC1. The standard InChI is InChI=1S/C19H30ClN5/c1-23-10-7-16(8-11-23)6-9-22-19(21)25-14-12-24(13-15-25)18-4-2-17(20)3-5-18/h2-5,16H,6-15H2,1H3,(H2,21,22). The lowest BCUT2D eigenvalue weighted by Crippen LogP contribution is -2.51. The number of hydrogen-bond acceptors (Lipinski definition) is 3. The van der Waals surface area contributed by atoms with Crippen LogP contribution in [0.15, 0.2) is 29.3 Å². The minimum Gasteiger partial charge on any atom is -0.370 e. The summed E-state index contributed by atoms with van der Waals surface area (Å²) in [5.41, 5.74) is 7.45. The molecular weight excluding hydrogens is 334 g/mol. The largest absolute Gasteiger partial charge is 0.370 e. The molecule has 138 valence electrons. The molecule has 3 rings (SSSR count). The second kappa shape index (κ2) is 8.77. The van der Waals surface area contributed by atoms with Crippen LogP contribution in [0.3, 0.4) is 0 Å². The van der Waals surface area contributed by atoms with Crippen LogP contribution in [0.25, 0.3) is 0 Å². The Morgan fingerprint density at radius 1 is 1.08 bits per heavy atom. The van der Waals surface area contributed by atoms with E-state index in [1.54, 1.807) is 0 Å². The van der Waals surface area contributed by atoms with Crippen molar-refractivity contribution in [3.63, 3.8) is 0 Å². The molecule has 0 saturated carbocycles. The molecule has 2 aliphatic heterocycles. The lowest BCUT2D eigenvalue weighted by Gasteiger charge is -2.36. The number of guanidine groups is 1. The third-order valence-corrected chi connectivity index (χ3v) is 5.70. The van der Waals surface area contributed by atoms with Gasteiger partial charge in [-0.1, -0.05) is 11.6 Å². The van der Waals surface area contributed by atoms with Crippen LogP contribution in [-0.2, 0) is 0 Å². The van der Waals surface area contributed by atoms with Crippen LogP contribution in [0.5, 0.6) is 0 Å². The summed E-state index contributed by atoms with van der Waals surface area (Å²) < 4.78 is 0. The van der Waals surface area contributed by atoms with Crippen LogP contribution in [-0.4, -0.2) is 68.6 Å². The minimum absolute atomic E-state index is 0.712. The van der Waals surface area contributed by atoms with Crippen molar-refractivity contribution in [3.05, 3.63) is 29.3 Å². The molecular formula is C19H30ClN5. The summed E-state index contributed by atoms with van der Waals surface area (Å²) in [6.07, 6.45) is 3.76. The van der Waals surface area contributed by atoms with Gasteiger partial charge in [0.2, 0.25) is 0 Å². The number of likely N-dealkylation sites (tertiary alicyclic amines) is 1. The number of anilines is 1. The Kier molecular flexibility index (Phi) is 6.43. The van der Waals surface area contributed by atoms with E-state index in [1.807, 2.05) is 12.1 Å². The summed E-state index contributed by atoms with van der Waals surface area (Å²) in [4.78, 5) is 11.6. The molecule has 2 heterocycles. The number of hydrogen-bond donors (Lipinski definition) is 1. The molecule has 0 spiro atoms. The highest BCUT2D eigenvalue weighted by Crippen LogP contribution is 2.20. The number of piperidine rings is 1. The number of aliphatic imine (C=N–C) groups is 1. The van der Waals surface area contributed by atoms with Gasteiger partial charge in [-0.2, -0.15) is 0 Å². The van der Waals surface area contributed by atoms with Crippen molar-refractivity contribution in [2.24, 2.45) is 16.6 Å². The molecule has 2 fully saturated rings. The van der Waals surface area contributed by atoms with Crippen LogP contribution in [0.4, 0.5) is 5.69 Å². The quantitative estimate of drug-likeness (QED) is 0.659. The van der Waals surface area contributed by atoms with Crippen molar-refractivity contribution < 1.29 is 0 Å². The number of piperazine rings is 1. The van der Waals surface area contributed by atoms with Gasteiger partial charge in [0.25, 0.3) is 0 Å². The predicted molar refractivity (Wildman–Crippen MR) is 107 cm³/mol. The molecule has 2 N–H and O–H groups in total. The zero-order valence-corrected chi connectivity index (χ0v) is 16.0. The average molecular weight is 364 g/mol. The Labute approximate surface area is 156 Å². The lowest BCUT2D eigenvalue weighted by molar-refractivity contribution is 0.214. The summed E-state index contributed by atoms with van der Waals surface area (Å²) in [5.74, 6) is 1.53. The van der Waals surface area contributed by atoms with E-state index in [4.69, 9.17) is 17.3 Å². The lowest BCUT2D eigenvalue weighted by atomic mass is 9.94. The maximum absolute atomic E-state index is 6.22. The van der Waals surface area contributed by atoms with Gasteiger partial charge in [-0.05, 0) is 69.6 Å². The molecule has 2 saturated heterocycles. The van der Waals surface area contributed by atoms with Crippen molar-refractivity contribution in [1.29, 1.82) is 0 Å². The highest BCUT2D eigenvalue weighted by molar-refractivity contribution is 6.30. The Hall–Kier alpha value is -1.46.